The topological polar surface area (TPSA) is 88.5 Å². The zero-order chi connectivity index (χ0) is 20.1. The van der Waals surface area contributed by atoms with E-state index in [1.807, 2.05) is 43.0 Å². The van der Waals surface area contributed by atoms with Gasteiger partial charge in [-0.2, -0.15) is 4.98 Å². The van der Waals surface area contributed by atoms with Crippen molar-refractivity contribution in [2.24, 2.45) is 11.7 Å². The van der Waals surface area contributed by atoms with Crippen LogP contribution in [0.15, 0.2) is 28.8 Å². The summed E-state index contributed by atoms with van der Waals surface area (Å²) in [5.41, 5.74) is 8.18. The summed E-state index contributed by atoms with van der Waals surface area (Å²) in [5, 5.41) is 4.09. The molecule has 1 amide bonds. The second-order valence-corrected chi connectivity index (χ2v) is 7.92. The number of carbonyl (C=O) groups is 1. The lowest BCUT2D eigenvalue weighted by Crippen LogP contribution is -2.54. The first-order valence-electron chi connectivity index (χ1n) is 10.1. The number of hydrogen-bond donors (Lipinski definition) is 1. The summed E-state index contributed by atoms with van der Waals surface area (Å²) in [4.78, 5) is 21.1. The van der Waals surface area contributed by atoms with Crippen LogP contribution in [0.1, 0.15) is 31.7 Å². The summed E-state index contributed by atoms with van der Waals surface area (Å²) in [5.74, 6) is 1.56. The van der Waals surface area contributed by atoms with Gasteiger partial charge in [0.05, 0.1) is 6.04 Å². The molecule has 0 bridgehead atoms. The third-order valence-corrected chi connectivity index (χ3v) is 5.33. The first-order chi connectivity index (χ1) is 13.4. The van der Waals surface area contributed by atoms with Gasteiger partial charge in [-0.05, 0) is 25.8 Å². The molecule has 2 N–H and O–H groups in total. The Labute approximate surface area is 179 Å². The maximum atomic E-state index is 12.3. The first-order valence-corrected chi connectivity index (χ1v) is 10.1. The standard InChI is InChI=1S/C21H31N5O2.ClH/c1-15(2)19(22)21(27)26-13-11-25(12-14-26)10-4-5-18-23-20(24-28-18)17-8-6-16(3)7-9-17;/h6-9,15,19H,4-5,10-14,22H2,1-3H3;1H/t19-;/m0./s1. The summed E-state index contributed by atoms with van der Waals surface area (Å²) in [6.07, 6.45) is 1.71. The lowest BCUT2D eigenvalue weighted by molar-refractivity contribution is -0.135. The average molecular weight is 422 g/mol. The van der Waals surface area contributed by atoms with E-state index >= 15 is 0 Å². The second-order valence-electron chi connectivity index (χ2n) is 7.92. The highest BCUT2D eigenvalue weighted by atomic mass is 35.5. The molecular weight excluding hydrogens is 390 g/mol. The predicted octanol–water partition coefficient (Wildman–Crippen LogP) is 2.53. The van der Waals surface area contributed by atoms with Gasteiger partial charge in [-0.15, -0.1) is 12.4 Å². The van der Waals surface area contributed by atoms with E-state index in [-0.39, 0.29) is 24.2 Å². The maximum absolute atomic E-state index is 12.3. The van der Waals surface area contributed by atoms with Gasteiger partial charge in [0.15, 0.2) is 0 Å². The lowest BCUT2D eigenvalue weighted by Gasteiger charge is -2.36. The summed E-state index contributed by atoms with van der Waals surface area (Å²) in [6.45, 7) is 10.3. The number of aromatic nitrogens is 2. The summed E-state index contributed by atoms with van der Waals surface area (Å²) >= 11 is 0. The third-order valence-electron chi connectivity index (χ3n) is 5.33. The number of rotatable bonds is 7. The van der Waals surface area contributed by atoms with Gasteiger partial charge in [0.2, 0.25) is 17.6 Å². The molecule has 0 saturated carbocycles. The molecule has 2 heterocycles. The van der Waals surface area contributed by atoms with Gasteiger partial charge in [0, 0.05) is 38.2 Å². The number of amides is 1. The summed E-state index contributed by atoms with van der Waals surface area (Å²) in [6, 6.07) is 7.71. The Morgan fingerprint density at radius 2 is 1.83 bits per heavy atom. The van der Waals surface area contributed by atoms with Crippen molar-refractivity contribution in [3.8, 4) is 11.4 Å². The number of carbonyl (C=O) groups excluding carboxylic acids is 1. The maximum Gasteiger partial charge on any atom is 0.239 e. The zero-order valence-corrected chi connectivity index (χ0v) is 18.3. The van der Waals surface area contributed by atoms with Crippen molar-refractivity contribution >= 4 is 18.3 Å². The quantitative estimate of drug-likeness (QED) is 0.738. The van der Waals surface area contributed by atoms with Gasteiger partial charge < -0.3 is 15.2 Å². The molecule has 1 aliphatic heterocycles. The van der Waals surface area contributed by atoms with Gasteiger partial charge in [-0.3, -0.25) is 9.69 Å². The molecule has 29 heavy (non-hydrogen) atoms. The van der Waals surface area contributed by atoms with E-state index in [2.05, 4.69) is 22.0 Å². The number of hydrogen-bond acceptors (Lipinski definition) is 6. The van der Waals surface area contributed by atoms with Crippen LogP contribution in [-0.2, 0) is 11.2 Å². The predicted molar refractivity (Wildman–Crippen MR) is 116 cm³/mol. The highest BCUT2D eigenvalue weighted by molar-refractivity contribution is 5.85. The van der Waals surface area contributed by atoms with E-state index in [0.717, 1.165) is 51.1 Å². The van der Waals surface area contributed by atoms with E-state index in [0.29, 0.717) is 11.7 Å². The molecular formula is C21H32ClN5O2. The molecule has 0 spiro atoms. The Balaban J connectivity index is 0.00000300. The minimum absolute atomic E-state index is 0. The number of halogens is 1. The van der Waals surface area contributed by atoms with Crippen molar-refractivity contribution in [3.63, 3.8) is 0 Å². The first kappa shape index (κ1) is 23.3. The van der Waals surface area contributed by atoms with E-state index in [4.69, 9.17) is 10.3 Å². The minimum atomic E-state index is -0.396. The molecule has 3 rings (SSSR count). The molecule has 2 aromatic rings. The second kappa shape index (κ2) is 10.7. The fourth-order valence-corrected chi connectivity index (χ4v) is 3.32. The molecule has 1 aromatic carbocycles. The molecule has 1 aromatic heterocycles. The fraction of sp³-hybridized carbons (Fsp3) is 0.571. The molecule has 0 aliphatic carbocycles. The number of benzene rings is 1. The number of piperazine rings is 1. The Bertz CT molecular complexity index is 770. The SMILES string of the molecule is Cc1ccc(-c2noc(CCCN3CCN(C(=O)[C@@H](N)C(C)C)CC3)n2)cc1.Cl. The van der Waals surface area contributed by atoms with Crippen LogP contribution in [0.25, 0.3) is 11.4 Å². The highest BCUT2D eigenvalue weighted by Crippen LogP contribution is 2.17. The van der Waals surface area contributed by atoms with Gasteiger partial charge in [-0.1, -0.05) is 48.8 Å². The number of aryl methyl sites for hydroxylation is 2. The van der Waals surface area contributed by atoms with E-state index in [9.17, 15) is 4.79 Å². The van der Waals surface area contributed by atoms with Crippen LogP contribution < -0.4 is 5.73 Å². The lowest BCUT2D eigenvalue weighted by atomic mass is 10.0. The molecule has 1 aliphatic rings. The van der Waals surface area contributed by atoms with Gasteiger partial charge in [0.1, 0.15) is 0 Å². The van der Waals surface area contributed by atoms with Crippen LogP contribution in [0, 0.1) is 12.8 Å². The minimum Gasteiger partial charge on any atom is -0.339 e. The molecule has 1 saturated heterocycles. The Morgan fingerprint density at radius 3 is 2.45 bits per heavy atom. The van der Waals surface area contributed by atoms with Crippen molar-refractivity contribution < 1.29 is 9.32 Å². The van der Waals surface area contributed by atoms with Crippen LogP contribution in [0.5, 0.6) is 0 Å². The van der Waals surface area contributed by atoms with E-state index in [1.54, 1.807) is 0 Å². The van der Waals surface area contributed by atoms with Crippen LogP contribution in [0.4, 0.5) is 0 Å². The average Bonchev–Trinajstić information content (AvgIpc) is 3.17. The monoisotopic (exact) mass is 421 g/mol. The van der Waals surface area contributed by atoms with Gasteiger partial charge >= 0.3 is 0 Å². The Hall–Kier alpha value is -1.96. The summed E-state index contributed by atoms with van der Waals surface area (Å²) < 4.78 is 5.39. The molecule has 0 radical (unpaired) electrons. The van der Waals surface area contributed by atoms with E-state index in [1.165, 1.54) is 5.56 Å². The largest absolute Gasteiger partial charge is 0.339 e. The van der Waals surface area contributed by atoms with Crippen LogP contribution >= 0.6 is 12.4 Å². The zero-order valence-electron chi connectivity index (χ0n) is 17.5. The molecule has 7 nitrogen and oxygen atoms in total. The van der Waals surface area contributed by atoms with Crippen molar-refractivity contribution in [3.05, 3.63) is 35.7 Å². The van der Waals surface area contributed by atoms with Gasteiger partial charge in [-0.25, -0.2) is 0 Å². The normalized spacial score (nSPS) is 16.0. The Morgan fingerprint density at radius 1 is 1.17 bits per heavy atom. The Kier molecular flexibility index (Phi) is 8.61. The fourth-order valence-electron chi connectivity index (χ4n) is 3.32. The molecule has 1 atom stereocenters. The van der Waals surface area contributed by atoms with E-state index < -0.39 is 6.04 Å². The van der Waals surface area contributed by atoms with Crippen molar-refractivity contribution in [1.82, 2.24) is 19.9 Å². The van der Waals surface area contributed by atoms with Crippen molar-refractivity contribution in [1.29, 1.82) is 0 Å². The van der Waals surface area contributed by atoms with Crippen molar-refractivity contribution in [2.45, 2.75) is 39.7 Å². The number of nitrogens with two attached hydrogens (primary N) is 1. The molecule has 8 heteroatoms. The van der Waals surface area contributed by atoms with Crippen LogP contribution in [-0.4, -0.2) is 64.6 Å². The van der Waals surface area contributed by atoms with Crippen molar-refractivity contribution in [2.75, 3.05) is 32.7 Å². The van der Waals surface area contributed by atoms with Crippen LogP contribution in [0.3, 0.4) is 0 Å². The highest BCUT2D eigenvalue weighted by Gasteiger charge is 2.26. The molecule has 0 unspecified atom stereocenters. The molecule has 1 fully saturated rings. The third kappa shape index (κ3) is 6.26. The van der Waals surface area contributed by atoms with Gasteiger partial charge in [0.25, 0.3) is 0 Å². The van der Waals surface area contributed by atoms with Crippen LogP contribution in [0.2, 0.25) is 0 Å². The smallest absolute Gasteiger partial charge is 0.239 e. The molecule has 160 valence electrons. The summed E-state index contributed by atoms with van der Waals surface area (Å²) in [7, 11) is 0. The number of nitrogens with zero attached hydrogens (tertiary/aromatic N) is 4.